The molecule has 2 aromatic heterocycles. The molecule has 0 aliphatic heterocycles. The number of benzene rings is 3. The second kappa shape index (κ2) is 12.9. The van der Waals surface area contributed by atoms with E-state index in [1.807, 2.05) is 84.8 Å². The molecule has 1 unspecified atom stereocenters. The van der Waals surface area contributed by atoms with Gasteiger partial charge >= 0.3 is 0 Å². The maximum Gasteiger partial charge on any atom is 0.269 e. The molecule has 210 valence electrons. The SMILES string of the molecule is CCN(CC)CCNC(=O)c1cc(-c2cccc(Cl)c2)c2cc(C(c3ccc(Cl)cc3)c3cncn3C)ccc2n1. The smallest absolute Gasteiger partial charge is 0.269 e. The van der Waals surface area contributed by atoms with E-state index in [1.54, 1.807) is 0 Å². The van der Waals surface area contributed by atoms with Crippen molar-refractivity contribution in [3.8, 4) is 11.1 Å². The summed E-state index contributed by atoms with van der Waals surface area (Å²) in [5.74, 6) is -0.278. The van der Waals surface area contributed by atoms with Crippen molar-refractivity contribution in [1.29, 1.82) is 0 Å². The predicted octanol–water partition coefficient (Wildman–Crippen LogP) is 7.19. The molecular weight excluding hydrogens is 553 g/mol. The minimum atomic E-state index is -0.194. The Bertz CT molecular complexity index is 1660. The van der Waals surface area contributed by atoms with Gasteiger partial charge in [0.05, 0.1) is 17.8 Å². The Kier molecular flexibility index (Phi) is 9.03. The Morgan fingerprint density at radius 1 is 0.951 bits per heavy atom. The standard InChI is InChI=1S/C33H33Cl2N5O/c1-4-40(5-2)16-15-37-33(41)30-19-27(23-7-6-8-26(35)17-23)28-18-24(11-14-29(28)38-30)32(31-20-36-21-39(31)3)22-9-12-25(34)13-10-22/h6-14,17-21,32H,4-5,15-16H2,1-3H3,(H,37,41). The number of amides is 1. The lowest BCUT2D eigenvalue weighted by molar-refractivity contribution is 0.0944. The maximum atomic E-state index is 13.2. The fourth-order valence-electron chi connectivity index (χ4n) is 5.23. The Morgan fingerprint density at radius 2 is 1.71 bits per heavy atom. The van der Waals surface area contributed by atoms with Crippen LogP contribution in [0.25, 0.3) is 22.0 Å². The number of aryl methyl sites for hydroxylation is 1. The lowest BCUT2D eigenvalue weighted by Crippen LogP contribution is -2.35. The predicted molar refractivity (Wildman–Crippen MR) is 168 cm³/mol. The number of nitrogens with zero attached hydrogens (tertiary/aromatic N) is 4. The normalized spacial score (nSPS) is 12.1. The highest BCUT2D eigenvalue weighted by atomic mass is 35.5. The van der Waals surface area contributed by atoms with Crippen LogP contribution in [0.3, 0.4) is 0 Å². The van der Waals surface area contributed by atoms with Crippen molar-refractivity contribution >= 4 is 40.0 Å². The van der Waals surface area contributed by atoms with Crippen LogP contribution >= 0.6 is 23.2 Å². The molecule has 5 aromatic rings. The summed E-state index contributed by atoms with van der Waals surface area (Å²) < 4.78 is 2.03. The number of nitrogens with one attached hydrogen (secondary N) is 1. The first kappa shape index (κ1) is 28.8. The fraction of sp³-hybridized carbons (Fsp3) is 0.242. The van der Waals surface area contributed by atoms with Crippen LogP contribution in [0.1, 0.15) is 47.1 Å². The van der Waals surface area contributed by atoms with E-state index in [0.29, 0.717) is 22.3 Å². The third-order valence-corrected chi connectivity index (χ3v) is 7.98. The second-order valence-corrected chi connectivity index (χ2v) is 10.9. The monoisotopic (exact) mass is 585 g/mol. The van der Waals surface area contributed by atoms with Gasteiger partial charge in [-0.1, -0.05) is 67.4 Å². The van der Waals surface area contributed by atoms with Crippen LogP contribution in [0.2, 0.25) is 10.0 Å². The molecule has 1 N–H and O–H groups in total. The van der Waals surface area contributed by atoms with Crippen molar-refractivity contribution in [3.05, 3.63) is 118 Å². The van der Waals surface area contributed by atoms with Crippen molar-refractivity contribution in [1.82, 2.24) is 24.8 Å². The zero-order valence-electron chi connectivity index (χ0n) is 23.4. The summed E-state index contributed by atoms with van der Waals surface area (Å²) in [5, 5.41) is 5.29. The van der Waals surface area contributed by atoms with E-state index in [9.17, 15) is 4.79 Å². The summed E-state index contributed by atoms with van der Waals surface area (Å²) in [4.78, 5) is 24.7. The number of likely N-dealkylation sites (N-methyl/N-ethyl adjacent to an activating group) is 1. The Balaban J connectivity index is 1.61. The van der Waals surface area contributed by atoms with Crippen LogP contribution < -0.4 is 5.32 Å². The molecule has 2 heterocycles. The summed E-state index contributed by atoms with van der Waals surface area (Å²) in [6.07, 6.45) is 3.70. The van der Waals surface area contributed by atoms with Gasteiger partial charge in [-0.15, -0.1) is 0 Å². The average Bonchev–Trinajstić information content (AvgIpc) is 3.40. The molecule has 5 rings (SSSR count). The summed E-state index contributed by atoms with van der Waals surface area (Å²) in [5.41, 5.74) is 6.15. The molecule has 6 nitrogen and oxygen atoms in total. The molecule has 0 radical (unpaired) electrons. The minimum absolute atomic E-state index is 0.0839. The number of carbonyl (C=O) groups is 1. The maximum absolute atomic E-state index is 13.2. The van der Waals surface area contributed by atoms with Crippen LogP contribution in [0, 0.1) is 0 Å². The first-order valence-electron chi connectivity index (χ1n) is 13.8. The summed E-state index contributed by atoms with van der Waals surface area (Å²) >= 11 is 12.6. The molecule has 0 bridgehead atoms. The van der Waals surface area contributed by atoms with E-state index in [4.69, 9.17) is 28.2 Å². The molecule has 1 amide bonds. The van der Waals surface area contributed by atoms with Gasteiger partial charge in [-0.25, -0.2) is 9.97 Å². The third-order valence-electron chi connectivity index (χ3n) is 7.50. The zero-order chi connectivity index (χ0) is 28.9. The zero-order valence-corrected chi connectivity index (χ0v) is 25.0. The number of rotatable bonds is 10. The molecule has 3 aromatic carbocycles. The van der Waals surface area contributed by atoms with E-state index in [-0.39, 0.29) is 11.8 Å². The van der Waals surface area contributed by atoms with E-state index in [1.165, 1.54) is 0 Å². The number of carbonyl (C=O) groups excluding carboxylic acids is 1. The molecule has 0 saturated heterocycles. The summed E-state index contributed by atoms with van der Waals surface area (Å²) in [6, 6.07) is 23.7. The molecule has 0 aliphatic carbocycles. The molecular formula is C33H33Cl2N5O. The second-order valence-electron chi connectivity index (χ2n) is 10.0. The lowest BCUT2D eigenvalue weighted by atomic mass is 9.87. The van der Waals surface area contributed by atoms with Crippen LogP contribution in [0.15, 0.2) is 85.3 Å². The van der Waals surface area contributed by atoms with E-state index < -0.39 is 0 Å². The highest BCUT2D eigenvalue weighted by molar-refractivity contribution is 6.31. The summed E-state index contributed by atoms with van der Waals surface area (Å²) in [7, 11) is 2.00. The van der Waals surface area contributed by atoms with Gasteiger partial charge in [-0.05, 0) is 77.8 Å². The molecule has 0 aliphatic rings. The van der Waals surface area contributed by atoms with Crippen molar-refractivity contribution in [2.45, 2.75) is 19.8 Å². The fourth-order valence-corrected chi connectivity index (χ4v) is 5.54. The quantitative estimate of drug-likeness (QED) is 0.188. The van der Waals surface area contributed by atoms with Crippen LogP contribution in [0.5, 0.6) is 0 Å². The Labute approximate surface area is 251 Å². The van der Waals surface area contributed by atoms with Gasteiger partial charge in [-0.2, -0.15) is 0 Å². The first-order chi connectivity index (χ1) is 19.9. The van der Waals surface area contributed by atoms with Gasteiger partial charge in [-0.3, -0.25) is 4.79 Å². The summed E-state index contributed by atoms with van der Waals surface area (Å²) in [6.45, 7) is 7.46. The van der Waals surface area contributed by atoms with Crippen molar-refractivity contribution < 1.29 is 4.79 Å². The van der Waals surface area contributed by atoms with Gasteiger partial charge < -0.3 is 14.8 Å². The molecule has 1 atom stereocenters. The van der Waals surface area contributed by atoms with Gasteiger partial charge in [0.2, 0.25) is 0 Å². The topological polar surface area (TPSA) is 63.1 Å². The first-order valence-corrected chi connectivity index (χ1v) is 14.6. The molecule has 41 heavy (non-hydrogen) atoms. The van der Waals surface area contributed by atoms with Crippen LogP contribution in [-0.2, 0) is 7.05 Å². The molecule has 0 spiro atoms. The Hall–Kier alpha value is -3.71. The Morgan fingerprint density at radius 3 is 2.39 bits per heavy atom. The van der Waals surface area contributed by atoms with E-state index in [2.05, 4.69) is 41.2 Å². The van der Waals surface area contributed by atoms with Crippen molar-refractivity contribution in [2.24, 2.45) is 7.05 Å². The molecule has 8 heteroatoms. The highest BCUT2D eigenvalue weighted by Crippen LogP contribution is 2.37. The van der Waals surface area contributed by atoms with E-state index >= 15 is 0 Å². The number of halogens is 2. The van der Waals surface area contributed by atoms with E-state index in [0.717, 1.165) is 58.5 Å². The minimum Gasteiger partial charge on any atom is -0.349 e. The van der Waals surface area contributed by atoms with Gasteiger partial charge in [0.25, 0.3) is 5.91 Å². The number of hydrogen-bond acceptors (Lipinski definition) is 4. The number of aromatic nitrogens is 3. The van der Waals surface area contributed by atoms with Crippen LogP contribution in [-0.4, -0.2) is 51.5 Å². The molecule has 0 saturated carbocycles. The number of imidazole rings is 1. The average molecular weight is 587 g/mol. The lowest BCUT2D eigenvalue weighted by Gasteiger charge is -2.20. The number of hydrogen-bond donors (Lipinski definition) is 1. The molecule has 0 fully saturated rings. The number of pyridine rings is 1. The van der Waals surface area contributed by atoms with Gasteiger partial charge in [0.1, 0.15) is 5.69 Å². The van der Waals surface area contributed by atoms with Gasteiger partial charge in [0.15, 0.2) is 0 Å². The number of fused-ring (bicyclic) bond motifs is 1. The third kappa shape index (κ3) is 6.46. The highest BCUT2D eigenvalue weighted by Gasteiger charge is 2.22. The van der Waals surface area contributed by atoms with Crippen molar-refractivity contribution in [2.75, 3.05) is 26.2 Å². The van der Waals surface area contributed by atoms with Gasteiger partial charge in [0, 0.05) is 47.5 Å². The largest absolute Gasteiger partial charge is 0.349 e. The van der Waals surface area contributed by atoms with Crippen LogP contribution in [0.4, 0.5) is 0 Å². The van der Waals surface area contributed by atoms with Crippen molar-refractivity contribution in [3.63, 3.8) is 0 Å².